The van der Waals surface area contributed by atoms with Crippen LogP contribution in [0.2, 0.25) is 0 Å². The molecule has 0 unspecified atom stereocenters. The van der Waals surface area contributed by atoms with E-state index in [2.05, 4.69) is 0 Å². The van der Waals surface area contributed by atoms with Gasteiger partial charge in [0, 0.05) is 0 Å². The summed E-state index contributed by atoms with van der Waals surface area (Å²) in [6.07, 6.45) is 0. The molecule has 9 heavy (non-hydrogen) atoms. The van der Waals surface area contributed by atoms with Gasteiger partial charge in [-0.15, -0.1) is 11.3 Å². The summed E-state index contributed by atoms with van der Waals surface area (Å²) in [6.45, 7) is 0. The summed E-state index contributed by atoms with van der Waals surface area (Å²) in [5, 5.41) is -0.447. The first-order valence-electron chi connectivity index (χ1n) is 2.25. The highest BCUT2D eigenvalue weighted by Crippen LogP contribution is 2.07. The molecular formula is C5H2BClOS. The van der Waals surface area contributed by atoms with Gasteiger partial charge >= 0.3 is 0 Å². The molecular weight excluding hydrogens is 154 g/mol. The number of carbonyl (C=O) groups is 1. The van der Waals surface area contributed by atoms with Crippen LogP contribution in [-0.2, 0) is 0 Å². The van der Waals surface area contributed by atoms with Gasteiger partial charge in [0.15, 0.2) is 0 Å². The predicted molar refractivity (Wildman–Crippen MR) is 39.9 cm³/mol. The molecule has 0 amide bonds. The van der Waals surface area contributed by atoms with Crippen molar-refractivity contribution in [2.24, 2.45) is 0 Å². The summed E-state index contributed by atoms with van der Waals surface area (Å²) in [5.41, 5.74) is 0. The second-order valence-corrected chi connectivity index (χ2v) is 2.93. The smallest absolute Gasteiger partial charge is 0.262 e. The Bertz CT molecular complexity index is 233. The maximum absolute atomic E-state index is 10.4. The van der Waals surface area contributed by atoms with Gasteiger partial charge < -0.3 is 0 Å². The average molecular weight is 156 g/mol. The maximum Gasteiger partial charge on any atom is 0.262 e. The van der Waals surface area contributed by atoms with E-state index >= 15 is 0 Å². The number of hydrogen-bond donors (Lipinski definition) is 0. The molecule has 0 saturated carbocycles. The minimum atomic E-state index is -0.447. The highest BCUT2D eigenvalue weighted by atomic mass is 35.5. The fourth-order valence-electron chi connectivity index (χ4n) is 0.458. The van der Waals surface area contributed by atoms with Crippen LogP contribution in [0.1, 0.15) is 9.67 Å². The van der Waals surface area contributed by atoms with Crippen molar-refractivity contribution >= 4 is 40.8 Å². The lowest BCUT2D eigenvalue weighted by Gasteiger charge is -1.78. The normalized spacial score (nSPS) is 9.44. The Morgan fingerprint density at radius 3 is 2.56 bits per heavy atom. The Morgan fingerprint density at radius 2 is 2.33 bits per heavy atom. The quantitative estimate of drug-likeness (QED) is 0.436. The van der Waals surface area contributed by atoms with Gasteiger partial charge in [0.25, 0.3) is 5.24 Å². The Morgan fingerprint density at radius 1 is 1.67 bits per heavy atom. The summed E-state index contributed by atoms with van der Waals surface area (Å²) in [5.74, 6) is 0. The van der Waals surface area contributed by atoms with Gasteiger partial charge in [-0.2, -0.15) is 0 Å². The molecule has 1 aromatic rings. The minimum absolute atomic E-state index is 0.447. The molecule has 0 aliphatic rings. The molecule has 0 fully saturated rings. The molecule has 1 rings (SSSR count). The third-order valence-corrected chi connectivity index (χ3v) is 2.05. The number of hydrogen-bond acceptors (Lipinski definition) is 2. The van der Waals surface area contributed by atoms with Crippen LogP contribution in [0.25, 0.3) is 0 Å². The summed E-state index contributed by atoms with van der Waals surface area (Å²) >= 11 is 6.32. The van der Waals surface area contributed by atoms with E-state index in [9.17, 15) is 4.79 Å². The van der Waals surface area contributed by atoms with E-state index in [1.807, 2.05) is 0 Å². The Kier molecular flexibility index (Phi) is 1.93. The second kappa shape index (κ2) is 2.54. The van der Waals surface area contributed by atoms with Gasteiger partial charge in [-0.3, -0.25) is 4.79 Å². The van der Waals surface area contributed by atoms with Crippen LogP contribution in [0.15, 0.2) is 12.1 Å². The summed E-state index contributed by atoms with van der Waals surface area (Å²) in [7, 11) is 5.32. The zero-order valence-electron chi connectivity index (χ0n) is 4.43. The first kappa shape index (κ1) is 6.84. The van der Waals surface area contributed by atoms with Gasteiger partial charge in [0.05, 0.1) is 4.88 Å². The van der Waals surface area contributed by atoms with Crippen LogP contribution in [0.4, 0.5) is 0 Å². The SMILES string of the molecule is [B]c1ccc(C(=O)Cl)s1. The van der Waals surface area contributed by atoms with Crippen LogP contribution in [0, 0.1) is 0 Å². The summed E-state index contributed by atoms with van der Waals surface area (Å²) in [4.78, 5) is 10.9. The third-order valence-electron chi connectivity index (χ3n) is 0.821. The van der Waals surface area contributed by atoms with Gasteiger partial charge in [0.2, 0.25) is 0 Å². The Hall–Kier alpha value is -0.275. The summed E-state index contributed by atoms with van der Waals surface area (Å²) < 4.78 is 0.610. The number of halogens is 1. The van der Waals surface area contributed by atoms with E-state index < -0.39 is 5.24 Å². The van der Waals surface area contributed by atoms with E-state index in [1.165, 1.54) is 11.3 Å². The van der Waals surface area contributed by atoms with Gasteiger partial charge in [-0.1, -0.05) is 6.07 Å². The van der Waals surface area contributed by atoms with Crippen molar-refractivity contribution < 1.29 is 4.79 Å². The van der Waals surface area contributed by atoms with Crippen LogP contribution >= 0.6 is 22.9 Å². The summed E-state index contributed by atoms with van der Waals surface area (Å²) in [6, 6.07) is 3.26. The van der Waals surface area contributed by atoms with Gasteiger partial charge in [-0.25, -0.2) is 0 Å². The largest absolute Gasteiger partial charge is 0.275 e. The zero-order valence-corrected chi connectivity index (χ0v) is 6.00. The monoisotopic (exact) mass is 156 g/mol. The van der Waals surface area contributed by atoms with Crippen molar-refractivity contribution in [3.05, 3.63) is 17.0 Å². The van der Waals surface area contributed by atoms with E-state index in [0.717, 1.165) is 0 Å². The van der Waals surface area contributed by atoms with Crippen LogP contribution in [-0.4, -0.2) is 13.1 Å². The van der Waals surface area contributed by atoms with E-state index in [4.69, 9.17) is 19.4 Å². The van der Waals surface area contributed by atoms with Crippen molar-refractivity contribution in [2.75, 3.05) is 0 Å². The number of carbonyl (C=O) groups excluding carboxylic acids is 1. The number of rotatable bonds is 1. The minimum Gasteiger partial charge on any atom is -0.275 e. The Balaban J connectivity index is 2.98. The molecule has 1 heterocycles. The zero-order chi connectivity index (χ0) is 6.85. The fraction of sp³-hybridized carbons (Fsp3) is 0. The highest BCUT2D eigenvalue weighted by Gasteiger charge is 2.01. The van der Waals surface area contributed by atoms with Crippen molar-refractivity contribution in [1.82, 2.24) is 0 Å². The molecule has 1 aromatic heterocycles. The number of thiophene rings is 1. The maximum atomic E-state index is 10.4. The first-order chi connectivity index (χ1) is 4.20. The topological polar surface area (TPSA) is 17.1 Å². The molecule has 0 N–H and O–H groups in total. The van der Waals surface area contributed by atoms with E-state index in [-0.39, 0.29) is 0 Å². The fourth-order valence-corrected chi connectivity index (χ4v) is 1.24. The molecule has 44 valence electrons. The molecule has 0 atom stereocenters. The molecule has 1 nitrogen and oxygen atoms in total. The highest BCUT2D eigenvalue weighted by molar-refractivity contribution is 7.22. The molecule has 0 spiro atoms. The van der Waals surface area contributed by atoms with Gasteiger partial charge in [-0.05, 0) is 22.4 Å². The Labute approximate surface area is 63.1 Å². The van der Waals surface area contributed by atoms with Crippen molar-refractivity contribution in [1.29, 1.82) is 0 Å². The third kappa shape index (κ3) is 1.56. The molecule has 4 heteroatoms. The molecule has 0 saturated heterocycles. The van der Waals surface area contributed by atoms with Crippen molar-refractivity contribution in [2.45, 2.75) is 0 Å². The lowest BCUT2D eigenvalue weighted by Crippen LogP contribution is -1.89. The van der Waals surface area contributed by atoms with Crippen molar-refractivity contribution in [3.63, 3.8) is 0 Å². The van der Waals surface area contributed by atoms with Crippen LogP contribution in [0.3, 0.4) is 0 Å². The average Bonchev–Trinajstić information content (AvgIpc) is 2.14. The molecule has 0 aliphatic heterocycles. The molecule has 0 bridgehead atoms. The first-order valence-corrected chi connectivity index (χ1v) is 3.45. The van der Waals surface area contributed by atoms with Crippen LogP contribution < -0.4 is 4.78 Å². The van der Waals surface area contributed by atoms with E-state index in [1.54, 1.807) is 12.1 Å². The molecule has 2 radical (unpaired) electrons. The lowest BCUT2D eigenvalue weighted by atomic mass is 10.1. The van der Waals surface area contributed by atoms with Crippen molar-refractivity contribution in [3.8, 4) is 0 Å². The molecule has 0 aliphatic carbocycles. The van der Waals surface area contributed by atoms with Gasteiger partial charge in [0.1, 0.15) is 7.85 Å². The lowest BCUT2D eigenvalue weighted by molar-refractivity contribution is 0.108. The van der Waals surface area contributed by atoms with Crippen LogP contribution in [0.5, 0.6) is 0 Å². The predicted octanol–water partition coefficient (Wildman–Crippen LogP) is 0.921. The molecule has 0 aromatic carbocycles. The standard InChI is InChI=1S/C5H2BClOS/c6-4-2-1-3(9-4)5(7)8/h1-2H. The second-order valence-electron chi connectivity index (χ2n) is 1.48. The van der Waals surface area contributed by atoms with E-state index in [0.29, 0.717) is 9.65 Å².